The molecule has 14 rings (SSSR count). The second kappa shape index (κ2) is 59.9. The summed E-state index contributed by atoms with van der Waals surface area (Å²) < 4.78 is 10.0. The number of aryl methyl sites for hydroxylation is 6. The molecule has 0 aliphatic rings. The van der Waals surface area contributed by atoms with Crippen LogP contribution in [0, 0.1) is 87.0 Å². The Morgan fingerprint density at radius 1 is 0.426 bits per heavy atom. The average Bonchev–Trinajstić information content (AvgIpc) is 0.850. The Labute approximate surface area is 818 Å². The van der Waals surface area contributed by atoms with E-state index in [1.807, 2.05) is 171 Å². The summed E-state index contributed by atoms with van der Waals surface area (Å²) in [5.41, 5.74) is 25.8. The summed E-state index contributed by atoms with van der Waals surface area (Å²) in [6.45, 7) is 20.8. The van der Waals surface area contributed by atoms with Crippen molar-refractivity contribution in [2.45, 2.75) is 106 Å². The third kappa shape index (κ3) is 45.8. The number of para-hydroxylation sites is 1. The van der Waals surface area contributed by atoms with Gasteiger partial charge >= 0.3 is 6.09 Å². The number of carbonyl (C=O) groups is 1. The van der Waals surface area contributed by atoms with Crippen LogP contribution in [0.3, 0.4) is 0 Å². The van der Waals surface area contributed by atoms with Gasteiger partial charge < -0.3 is 56.8 Å². The first-order chi connectivity index (χ1) is 57.3. The molecule has 12 aromatic heterocycles. The number of ether oxygens (including phenoxy) is 1. The van der Waals surface area contributed by atoms with Crippen LogP contribution in [0.2, 0.25) is 45.7 Å². The molecule has 0 unspecified atom stereocenters. The first kappa shape index (κ1) is 111. The number of nitrogen functional groups attached to an aromatic ring is 3. The molecule has 1 amide bonds. The lowest BCUT2D eigenvalue weighted by molar-refractivity contribution is 0.0635. The van der Waals surface area contributed by atoms with Gasteiger partial charge in [-0.3, -0.25) is 20.3 Å². The molecule has 18 nitrogen and oxygen atoms in total. The molecule has 0 aliphatic heterocycles. The predicted octanol–water partition coefficient (Wildman–Crippen LogP) is 30.3. The highest BCUT2D eigenvalue weighted by Gasteiger charge is 2.17. The monoisotopic (exact) mass is 2040 g/mol. The fourth-order valence-corrected chi connectivity index (χ4v) is 11.1. The molecule has 0 atom stereocenters. The summed E-state index contributed by atoms with van der Waals surface area (Å²) in [5, 5.41) is 7.60. The standard InChI is InChI=1S/C10H12Cl2N2O2S.C9H7NS.C7H8ClN.C7H9NS.C6H6ClNS.C6H8N2S.3C6H7NS.C5H3Cl2NS.C5H5ClN2S.2C5H4ClNS/c1-10(2,3)16-9(15)14-6-4-5(17)7(11)8(12)13-6;11-9-5-6-10-8-4-2-1-3-7(8)9;1-5-3-4-9-6(2)7(5)8;1-5-6(8)3-2-4-7(5)9;1-4-2-6(9)5(7)3-8-4;1-4-5(9)2-3-8-6(4)7;1-5-4-7-3-2-6(5)8;2*1-5-6(8)3-2-4-7-5;6-4-3(9)1-2-8-5(4)7;6-5-3(9)1-2-4(7)8-5;6-4-3-7-2-1-5(4)8;6-5-4(8)2-1-3-7-5/h4H,1-3H3,(H2,13,14,15,17);1-6H,(H,10,11);3-4H,1-2H3;2-4,9H,8H2,1H3;2-3H,1H3,(H,8,9);2-3H,1H3,(H3,7,8,9);2-4H,1H3,(H,7,8);2*2-4,8H,1H3;1-2H,(H,8,9);1-2,9H,(H2,7,8);1-3H,(H,7,8);1-3,8H. The number of halogens is 9. The Kier molecular flexibility index (Phi) is 54.5. The molecule has 0 fully saturated rings. The van der Waals surface area contributed by atoms with Gasteiger partial charge in [0.25, 0.3) is 0 Å². The lowest BCUT2D eigenvalue weighted by atomic mass is 10.2. The Balaban J connectivity index is 0.000000450. The van der Waals surface area contributed by atoms with Crippen LogP contribution < -0.4 is 22.5 Å². The molecular formula is C83H87Cl9N16O2S12. The number of thiol groups is 5. The number of hydrogen-bond donors (Lipinski definition) is 16. The number of anilines is 4. The van der Waals surface area contributed by atoms with Crippen LogP contribution in [0.5, 0.6) is 0 Å². The molecule has 14 aromatic rings. The first-order valence-electron chi connectivity index (χ1n) is 35.0. The SMILES string of the molecule is CC(C)(C)OC(=O)Nc1cc(=S)c(Cl)c(Cl)[nH]1.Cc1c(N)[nH]ccc1=S.Cc1c(N)cccc1S.Cc1c[nH]ccc1=S.Cc1cc(=S)c(Cl)c[nH]1.Cc1ccnc(C)c1Cl.Cc1ncccc1S.Cc1ncccc1S.Nc1ccc(S)c(Cl)n1.S=c1cc[nH]c(Cl)c1Cl.S=c1cc[nH]c2ccccc12.S=c1cc[nH]cc1Cl.Sc1cccnc1Cl. The summed E-state index contributed by atoms with van der Waals surface area (Å²) in [5.74, 6) is 1.40. The van der Waals surface area contributed by atoms with Crippen molar-refractivity contribution < 1.29 is 9.53 Å². The number of nitrogens with two attached hydrogens (primary N) is 3. The van der Waals surface area contributed by atoms with Gasteiger partial charge in [-0.25, -0.2) is 14.8 Å². The largest absolute Gasteiger partial charge is 0.444 e. The van der Waals surface area contributed by atoms with Gasteiger partial charge in [0.2, 0.25) is 0 Å². The Morgan fingerprint density at radius 2 is 0.943 bits per heavy atom. The minimum Gasteiger partial charge on any atom is -0.444 e. The van der Waals surface area contributed by atoms with Crippen LogP contribution in [0.4, 0.5) is 27.9 Å². The third-order valence-electron chi connectivity index (χ3n) is 14.3. The number of carbonyl (C=O) groups excluding carboxylic acids is 1. The van der Waals surface area contributed by atoms with Crippen LogP contribution in [0.25, 0.3) is 10.9 Å². The lowest BCUT2D eigenvalue weighted by Crippen LogP contribution is -2.27. The molecule has 12 heterocycles. The third-order valence-corrected chi connectivity index (χ3v) is 23.1. The first-order valence-corrected chi connectivity index (χ1v) is 43.5. The second-order valence-electron chi connectivity index (χ2n) is 25.0. The number of hydrogen-bond acceptors (Lipinski definition) is 22. The predicted molar refractivity (Wildman–Crippen MR) is 549 cm³/mol. The van der Waals surface area contributed by atoms with Gasteiger partial charge in [-0.15, -0.1) is 63.1 Å². The highest BCUT2D eigenvalue weighted by Crippen LogP contribution is 2.26. The van der Waals surface area contributed by atoms with Crippen LogP contribution >= 0.6 is 253 Å². The number of H-pyrrole nitrogens is 7. The van der Waals surface area contributed by atoms with E-state index >= 15 is 0 Å². The van der Waals surface area contributed by atoms with E-state index in [4.69, 9.17) is 212 Å². The Bertz CT molecular complexity index is 5720. The van der Waals surface area contributed by atoms with Crippen LogP contribution in [-0.4, -0.2) is 71.5 Å². The summed E-state index contributed by atoms with van der Waals surface area (Å²) in [6.07, 6.45) is 20.4. The maximum atomic E-state index is 11.5. The number of aromatic amines is 7. The molecule has 0 saturated carbocycles. The van der Waals surface area contributed by atoms with Crippen molar-refractivity contribution in [2.24, 2.45) is 0 Å². The number of nitrogens with one attached hydrogen (secondary N) is 8. The van der Waals surface area contributed by atoms with E-state index in [2.05, 4.69) is 128 Å². The number of pyridine rings is 12. The molecule has 0 aliphatic carbocycles. The maximum Gasteiger partial charge on any atom is 0.413 e. The van der Waals surface area contributed by atoms with E-state index in [1.165, 1.54) is 6.07 Å². The lowest BCUT2D eigenvalue weighted by Gasteiger charge is -2.19. The fraction of sp³-hybridized carbons (Fsp3) is 0.145. The van der Waals surface area contributed by atoms with Crippen molar-refractivity contribution >= 4 is 293 Å². The normalized spacial score (nSPS) is 9.71. The van der Waals surface area contributed by atoms with E-state index in [9.17, 15) is 4.79 Å². The summed E-state index contributed by atoms with van der Waals surface area (Å²) in [7, 11) is 0. The summed E-state index contributed by atoms with van der Waals surface area (Å²) in [6, 6.07) is 42.5. The Morgan fingerprint density at radius 3 is 1.36 bits per heavy atom. The fourth-order valence-electron chi connectivity index (χ4n) is 7.66. The number of rotatable bonds is 1. The summed E-state index contributed by atoms with van der Waals surface area (Å²) in [4.78, 5) is 55.3. The molecule has 122 heavy (non-hydrogen) atoms. The van der Waals surface area contributed by atoms with Gasteiger partial charge in [0.15, 0.2) is 0 Å². The molecular weight excluding hydrogens is 1960 g/mol. The zero-order valence-electron chi connectivity index (χ0n) is 67.0. The van der Waals surface area contributed by atoms with E-state index in [-0.39, 0.29) is 10.2 Å². The summed E-state index contributed by atoms with van der Waals surface area (Å²) >= 11 is 106. The molecule has 0 spiro atoms. The molecule has 0 radical (unpaired) electrons. The number of nitrogens with zero attached hydrogens (tertiary/aromatic N) is 5. The number of fused-ring (bicyclic) bond motifs is 1. The van der Waals surface area contributed by atoms with Gasteiger partial charge in [-0.2, -0.15) is 0 Å². The highest BCUT2D eigenvalue weighted by molar-refractivity contribution is 7.81. The molecule has 2 aromatic carbocycles. The molecule has 0 saturated heterocycles. The molecule has 646 valence electrons. The zero-order valence-corrected chi connectivity index (χ0v) is 84.0. The maximum absolute atomic E-state index is 11.5. The van der Waals surface area contributed by atoms with Gasteiger partial charge in [0.1, 0.15) is 43.7 Å². The van der Waals surface area contributed by atoms with Crippen molar-refractivity contribution in [2.75, 3.05) is 22.5 Å². The van der Waals surface area contributed by atoms with E-state index in [1.54, 1.807) is 113 Å². The highest BCUT2D eigenvalue weighted by atomic mass is 35.5. The minimum atomic E-state index is -0.596. The smallest absolute Gasteiger partial charge is 0.413 e. The van der Waals surface area contributed by atoms with Crippen molar-refractivity contribution in [3.05, 3.63) is 336 Å². The number of aromatic nitrogens is 12. The quantitative estimate of drug-likeness (QED) is 0.0315. The van der Waals surface area contributed by atoms with Crippen LogP contribution in [0.15, 0.2) is 238 Å². The van der Waals surface area contributed by atoms with E-state index in [0.29, 0.717) is 75.8 Å². The number of amides is 1. The van der Waals surface area contributed by atoms with Gasteiger partial charge in [-0.1, -0.05) is 214 Å². The van der Waals surface area contributed by atoms with Gasteiger partial charge in [0.05, 0.1) is 60.2 Å². The van der Waals surface area contributed by atoms with E-state index in [0.717, 1.165) is 94.9 Å². The second-order valence-corrected chi connectivity index (χ2v) is 33.9. The van der Waals surface area contributed by atoms with E-state index < -0.39 is 11.7 Å². The van der Waals surface area contributed by atoms with Crippen molar-refractivity contribution in [3.8, 4) is 0 Å². The van der Waals surface area contributed by atoms with Crippen molar-refractivity contribution in [1.29, 1.82) is 0 Å². The zero-order chi connectivity index (χ0) is 91.9. The van der Waals surface area contributed by atoms with Crippen molar-refractivity contribution in [1.82, 2.24) is 59.8 Å². The Hall–Kier alpha value is -6.93. The van der Waals surface area contributed by atoms with Crippen LogP contribution in [0.1, 0.15) is 65.8 Å². The molecule has 0 bridgehead atoms. The van der Waals surface area contributed by atoms with Crippen molar-refractivity contribution in [3.63, 3.8) is 0 Å². The van der Waals surface area contributed by atoms with Gasteiger partial charge in [-0.05, 0) is 208 Å². The van der Waals surface area contributed by atoms with Crippen LogP contribution in [-0.2, 0) is 4.74 Å². The molecule has 39 heteroatoms. The molecule has 14 N–H and O–H groups in total. The minimum absolute atomic E-state index is 0.172. The van der Waals surface area contributed by atoms with Gasteiger partial charge in [0, 0.05) is 140 Å². The average molecular weight is 2040 g/mol. The topological polar surface area (TPSA) is 291 Å². The number of benzene rings is 2.